The molecular weight excluding hydrogens is 380 g/mol. The van der Waals surface area contributed by atoms with E-state index >= 15 is 0 Å². The summed E-state index contributed by atoms with van der Waals surface area (Å²) in [6.07, 6.45) is 2.97. The Bertz CT molecular complexity index is 975. The Kier molecular flexibility index (Phi) is 5.32. The Morgan fingerprint density at radius 2 is 1.90 bits per heavy atom. The van der Waals surface area contributed by atoms with Crippen LogP contribution in [0.1, 0.15) is 56.6 Å². The van der Waals surface area contributed by atoms with Gasteiger partial charge < -0.3 is 14.5 Å². The number of hydrogen-bond acceptors (Lipinski definition) is 4. The minimum atomic E-state index is -2.63. The fraction of sp³-hybridized carbons (Fsp3) is 0.545. The number of ether oxygens (including phenoxy) is 1. The highest BCUT2D eigenvalue weighted by atomic mass is 19.3. The summed E-state index contributed by atoms with van der Waals surface area (Å²) >= 11 is 0. The molecule has 1 aromatic carbocycles. The molecule has 29 heavy (non-hydrogen) atoms. The molecular formula is C22H25F2NO4. The van der Waals surface area contributed by atoms with Crippen LogP contribution < -0.4 is 15.7 Å². The van der Waals surface area contributed by atoms with Gasteiger partial charge in [-0.1, -0.05) is 0 Å². The predicted octanol–water partition coefficient (Wildman–Crippen LogP) is 4.13. The normalized spacial score (nSPS) is 20.1. The molecule has 0 radical (unpaired) electrons. The van der Waals surface area contributed by atoms with Crippen LogP contribution in [0, 0.1) is 0 Å². The zero-order valence-electron chi connectivity index (χ0n) is 16.4. The van der Waals surface area contributed by atoms with E-state index in [4.69, 9.17) is 9.15 Å². The standard InChI is InChI=1S/C22H25F2NO4/c1-13(20(26)25-14-8-10-22(23,24)11-9-14)28-15-6-7-17-16-4-2-3-5-18(16)21(27)29-19(17)12-15/h6-7,12-14H,2-5,8-11H2,1H3,(H,25,26). The molecule has 1 aromatic heterocycles. The molecule has 2 aromatic rings. The Morgan fingerprint density at radius 3 is 2.62 bits per heavy atom. The molecule has 0 aliphatic heterocycles. The number of amides is 1. The van der Waals surface area contributed by atoms with Crippen molar-refractivity contribution in [3.05, 3.63) is 39.7 Å². The maximum atomic E-state index is 13.3. The van der Waals surface area contributed by atoms with Crippen LogP contribution in [0.3, 0.4) is 0 Å². The molecule has 0 bridgehead atoms. The third-order valence-electron chi connectivity index (χ3n) is 5.94. The number of carbonyl (C=O) groups is 1. The number of alkyl halides is 2. The first-order valence-corrected chi connectivity index (χ1v) is 10.3. The Morgan fingerprint density at radius 1 is 1.21 bits per heavy atom. The van der Waals surface area contributed by atoms with Gasteiger partial charge in [0.25, 0.3) is 5.91 Å². The summed E-state index contributed by atoms with van der Waals surface area (Å²) in [7, 11) is 0. The van der Waals surface area contributed by atoms with E-state index < -0.39 is 12.0 Å². The summed E-state index contributed by atoms with van der Waals surface area (Å²) in [5, 5.41) is 3.70. The Hall–Kier alpha value is -2.44. The highest BCUT2D eigenvalue weighted by Crippen LogP contribution is 2.33. The van der Waals surface area contributed by atoms with Crippen LogP contribution in [0.4, 0.5) is 8.78 Å². The van der Waals surface area contributed by atoms with Gasteiger partial charge in [0.05, 0.1) is 0 Å². The van der Waals surface area contributed by atoms with Gasteiger partial charge in [0.15, 0.2) is 6.10 Å². The number of halogens is 2. The lowest BCUT2D eigenvalue weighted by Crippen LogP contribution is -2.45. The fourth-order valence-corrected chi connectivity index (χ4v) is 4.26. The van der Waals surface area contributed by atoms with Gasteiger partial charge in [-0.2, -0.15) is 0 Å². The van der Waals surface area contributed by atoms with Crippen molar-refractivity contribution in [3.8, 4) is 5.75 Å². The van der Waals surface area contributed by atoms with Crippen LogP contribution in [0.2, 0.25) is 0 Å². The molecule has 2 aliphatic carbocycles. The van der Waals surface area contributed by atoms with E-state index in [0.29, 0.717) is 11.3 Å². The van der Waals surface area contributed by atoms with Gasteiger partial charge in [-0.05, 0) is 63.1 Å². The fourth-order valence-electron chi connectivity index (χ4n) is 4.26. The summed E-state index contributed by atoms with van der Waals surface area (Å²) in [5.74, 6) is -2.54. The predicted molar refractivity (Wildman–Crippen MR) is 105 cm³/mol. The van der Waals surface area contributed by atoms with Crippen molar-refractivity contribution in [3.63, 3.8) is 0 Å². The highest BCUT2D eigenvalue weighted by molar-refractivity contribution is 5.84. The lowest BCUT2D eigenvalue weighted by Gasteiger charge is -2.29. The second kappa shape index (κ2) is 7.76. The first-order valence-electron chi connectivity index (χ1n) is 10.3. The van der Waals surface area contributed by atoms with Crippen molar-refractivity contribution >= 4 is 16.9 Å². The van der Waals surface area contributed by atoms with E-state index in [1.807, 2.05) is 6.07 Å². The average Bonchev–Trinajstić information content (AvgIpc) is 2.69. The molecule has 156 valence electrons. The lowest BCUT2D eigenvalue weighted by atomic mass is 9.91. The molecule has 1 amide bonds. The van der Waals surface area contributed by atoms with E-state index in [-0.39, 0.29) is 43.3 Å². The van der Waals surface area contributed by atoms with E-state index in [1.54, 1.807) is 19.1 Å². The Balaban J connectivity index is 1.45. The zero-order valence-corrected chi connectivity index (χ0v) is 16.4. The molecule has 5 nitrogen and oxygen atoms in total. The summed E-state index contributed by atoms with van der Waals surface area (Å²) in [4.78, 5) is 24.7. The number of fused-ring (bicyclic) bond motifs is 3. The van der Waals surface area contributed by atoms with Gasteiger partial charge in [-0.3, -0.25) is 4.79 Å². The number of nitrogens with one attached hydrogen (secondary N) is 1. The van der Waals surface area contributed by atoms with E-state index in [9.17, 15) is 18.4 Å². The summed E-state index contributed by atoms with van der Waals surface area (Å²) in [5.41, 5.74) is 1.97. The molecule has 2 aliphatic rings. The van der Waals surface area contributed by atoms with Crippen LogP contribution in [-0.4, -0.2) is 24.0 Å². The van der Waals surface area contributed by atoms with Gasteiger partial charge >= 0.3 is 5.63 Å². The van der Waals surface area contributed by atoms with Crippen LogP contribution in [0.25, 0.3) is 11.0 Å². The van der Waals surface area contributed by atoms with Gasteiger partial charge in [0.1, 0.15) is 11.3 Å². The van der Waals surface area contributed by atoms with Crippen molar-refractivity contribution in [2.75, 3.05) is 0 Å². The first-order chi connectivity index (χ1) is 13.8. The zero-order chi connectivity index (χ0) is 20.6. The summed E-state index contributed by atoms with van der Waals surface area (Å²) < 4.78 is 37.7. The molecule has 1 N–H and O–H groups in total. The molecule has 1 saturated carbocycles. The smallest absolute Gasteiger partial charge is 0.339 e. The third kappa shape index (κ3) is 4.28. The van der Waals surface area contributed by atoms with Gasteiger partial charge in [-0.15, -0.1) is 0 Å². The van der Waals surface area contributed by atoms with E-state index in [2.05, 4.69) is 5.32 Å². The number of aryl methyl sites for hydroxylation is 1. The number of hydrogen-bond donors (Lipinski definition) is 1. The molecule has 7 heteroatoms. The minimum Gasteiger partial charge on any atom is -0.481 e. The second-order valence-electron chi connectivity index (χ2n) is 8.11. The van der Waals surface area contributed by atoms with E-state index in [0.717, 1.165) is 42.2 Å². The Labute approximate surface area is 167 Å². The maximum absolute atomic E-state index is 13.3. The first kappa shape index (κ1) is 19.9. The molecule has 1 atom stereocenters. The van der Waals surface area contributed by atoms with Crippen molar-refractivity contribution in [2.24, 2.45) is 0 Å². The van der Waals surface area contributed by atoms with Gasteiger partial charge in [0, 0.05) is 35.9 Å². The molecule has 1 fully saturated rings. The summed E-state index contributed by atoms with van der Waals surface area (Å²) in [6, 6.07) is 5.01. The maximum Gasteiger partial charge on any atom is 0.339 e. The van der Waals surface area contributed by atoms with Crippen molar-refractivity contribution in [1.29, 1.82) is 0 Å². The monoisotopic (exact) mass is 405 g/mol. The largest absolute Gasteiger partial charge is 0.481 e. The van der Waals surface area contributed by atoms with Crippen molar-refractivity contribution in [2.45, 2.75) is 76.4 Å². The van der Waals surface area contributed by atoms with Crippen LogP contribution >= 0.6 is 0 Å². The molecule has 0 saturated heterocycles. The van der Waals surface area contributed by atoms with E-state index in [1.165, 1.54) is 0 Å². The van der Waals surface area contributed by atoms with Crippen molar-refractivity contribution < 1.29 is 22.7 Å². The van der Waals surface area contributed by atoms with Crippen LogP contribution in [-0.2, 0) is 17.6 Å². The highest BCUT2D eigenvalue weighted by Gasteiger charge is 2.35. The lowest BCUT2D eigenvalue weighted by molar-refractivity contribution is -0.129. The quantitative estimate of drug-likeness (QED) is 0.777. The molecule has 1 heterocycles. The topological polar surface area (TPSA) is 68.5 Å². The minimum absolute atomic E-state index is 0.207. The molecule has 1 unspecified atom stereocenters. The number of benzene rings is 1. The number of rotatable bonds is 4. The second-order valence-corrected chi connectivity index (χ2v) is 8.11. The SMILES string of the molecule is CC(Oc1ccc2c3c(c(=O)oc2c1)CCCC3)C(=O)NC1CCC(F)(F)CC1. The third-order valence-corrected chi connectivity index (χ3v) is 5.94. The molecule has 0 spiro atoms. The number of carbonyl (C=O) groups excluding carboxylic acids is 1. The molecule has 4 rings (SSSR count). The summed E-state index contributed by atoms with van der Waals surface area (Å²) in [6.45, 7) is 1.61. The van der Waals surface area contributed by atoms with Crippen LogP contribution in [0.5, 0.6) is 5.75 Å². The van der Waals surface area contributed by atoms with Crippen molar-refractivity contribution in [1.82, 2.24) is 5.32 Å². The van der Waals surface area contributed by atoms with Crippen LogP contribution in [0.15, 0.2) is 27.4 Å². The van der Waals surface area contributed by atoms with Gasteiger partial charge in [0.2, 0.25) is 5.92 Å². The van der Waals surface area contributed by atoms with Gasteiger partial charge in [-0.25, -0.2) is 13.6 Å². The average molecular weight is 405 g/mol.